The second kappa shape index (κ2) is 10.4. The Labute approximate surface area is 208 Å². The molecule has 13 heteroatoms. The number of aromatic nitrogens is 2. The van der Waals surface area contributed by atoms with Crippen molar-refractivity contribution in [2.24, 2.45) is 0 Å². The van der Waals surface area contributed by atoms with Gasteiger partial charge in [0.1, 0.15) is 6.33 Å². The Morgan fingerprint density at radius 2 is 1.64 bits per heavy atom. The molecule has 0 unspecified atom stereocenters. The van der Waals surface area contributed by atoms with Crippen LogP contribution in [0.25, 0.3) is 0 Å². The van der Waals surface area contributed by atoms with Crippen LogP contribution in [-0.4, -0.2) is 96.5 Å². The predicted molar refractivity (Wildman–Crippen MR) is 130 cm³/mol. The van der Waals surface area contributed by atoms with Crippen molar-refractivity contribution in [3.05, 3.63) is 40.2 Å². The van der Waals surface area contributed by atoms with Crippen LogP contribution < -0.4 is 19.3 Å². The zero-order chi connectivity index (χ0) is 25.1. The smallest absolute Gasteiger partial charge is 0.409 e. The van der Waals surface area contributed by atoms with Gasteiger partial charge in [0.2, 0.25) is 18.4 Å². The second-order valence-corrected chi connectivity index (χ2v) is 8.75. The summed E-state index contributed by atoms with van der Waals surface area (Å²) in [7, 11) is 0. The predicted octanol–water partition coefficient (Wildman–Crippen LogP) is 1.71. The van der Waals surface area contributed by atoms with Crippen LogP contribution in [0.2, 0.25) is 0 Å². The Kier molecular flexibility index (Phi) is 6.89. The molecule has 0 saturated carbocycles. The Morgan fingerprint density at radius 3 is 2.28 bits per heavy atom. The molecule has 0 bridgehead atoms. The maximum Gasteiger partial charge on any atom is 0.409 e. The summed E-state index contributed by atoms with van der Waals surface area (Å²) in [6.07, 6.45) is 1.02. The molecule has 13 nitrogen and oxygen atoms in total. The van der Waals surface area contributed by atoms with Crippen LogP contribution in [0.4, 0.5) is 22.1 Å². The molecule has 192 valence electrons. The second-order valence-electron chi connectivity index (χ2n) is 8.75. The van der Waals surface area contributed by atoms with Gasteiger partial charge in [0, 0.05) is 58.9 Å². The first-order valence-corrected chi connectivity index (χ1v) is 12.1. The molecule has 3 aliphatic rings. The molecule has 0 radical (unpaired) electrons. The summed E-state index contributed by atoms with van der Waals surface area (Å²) < 4.78 is 15.9. The number of carbonyl (C=O) groups is 1. The van der Waals surface area contributed by atoms with Crippen LogP contribution >= 0.6 is 0 Å². The lowest BCUT2D eigenvalue weighted by atomic mass is 10.1. The van der Waals surface area contributed by atoms with E-state index in [9.17, 15) is 14.9 Å². The summed E-state index contributed by atoms with van der Waals surface area (Å²) in [5.41, 5.74) is 1.04. The number of nitrogens with zero attached hydrogens (tertiary/aromatic N) is 7. The fourth-order valence-corrected chi connectivity index (χ4v) is 4.72. The molecule has 2 saturated heterocycles. The molecule has 4 heterocycles. The highest BCUT2D eigenvalue weighted by atomic mass is 16.7. The van der Waals surface area contributed by atoms with Gasteiger partial charge in [-0.2, -0.15) is 0 Å². The van der Waals surface area contributed by atoms with Crippen molar-refractivity contribution in [1.82, 2.24) is 19.8 Å². The Hall–Kier alpha value is -3.87. The number of amides is 1. The lowest BCUT2D eigenvalue weighted by Crippen LogP contribution is -2.49. The first-order chi connectivity index (χ1) is 17.5. The number of nitro groups is 1. The van der Waals surface area contributed by atoms with Gasteiger partial charge in [-0.25, -0.2) is 14.8 Å². The number of carbonyl (C=O) groups excluding carboxylic acids is 1. The number of rotatable bonds is 6. The van der Waals surface area contributed by atoms with E-state index in [1.54, 1.807) is 11.8 Å². The van der Waals surface area contributed by atoms with Gasteiger partial charge in [-0.1, -0.05) is 6.07 Å². The number of hydrogen-bond donors (Lipinski definition) is 0. The van der Waals surface area contributed by atoms with E-state index in [1.165, 1.54) is 6.33 Å². The zero-order valence-electron chi connectivity index (χ0n) is 20.2. The molecule has 1 aromatic heterocycles. The molecule has 2 aromatic rings. The van der Waals surface area contributed by atoms with E-state index in [2.05, 4.69) is 14.9 Å². The Balaban J connectivity index is 1.24. The maximum atomic E-state index is 12.1. The summed E-state index contributed by atoms with van der Waals surface area (Å²) in [4.78, 5) is 40.0. The molecule has 3 aliphatic heterocycles. The fraction of sp³-hybridized carbons (Fsp3) is 0.522. The monoisotopic (exact) mass is 499 g/mol. The quantitative estimate of drug-likeness (QED) is 0.426. The van der Waals surface area contributed by atoms with Gasteiger partial charge in [0.25, 0.3) is 0 Å². The molecule has 5 rings (SSSR count). The van der Waals surface area contributed by atoms with E-state index < -0.39 is 4.92 Å². The molecule has 1 amide bonds. The van der Waals surface area contributed by atoms with Gasteiger partial charge in [-0.3, -0.25) is 15.0 Å². The van der Waals surface area contributed by atoms with Crippen LogP contribution in [0.3, 0.4) is 0 Å². The molecule has 0 N–H and O–H groups in total. The van der Waals surface area contributed by atoms with Crippen LogP contribution in [0.1, 0.15) is 12.5 Å². The van der Waals surface area contributed by atoms with Gasteiger partial charge in [-0.05, 0) is 24.6 Å². The van der Waals surface area contributed by atoms with Crippen LogP contribution in [0.15, 0.2) is 24.5 Å². The Morgan fingerprint density at radius 1 is 1.00 bits per heavy atom. The minimum absolute atomic E-state index is 0.0914. The van der Waals surface area contributed by atoms with Gasteiger partial charge in [0.15, 0.2) is 11.5 Å². The van der Waals surface area contributed by atoms with Crippen molar-refractivity contribution in [2.45, 2.75) is 13.5 Å². The van der Waals surface area contributed by atoms with E-state index in [4.69, 9.17) is 14.2 Å². The average Bonchev–Trinajstić information content (AvgIpc) is 3.37. The minimum Gasteiger partial charge on any atom is -0.454 e. The third-order valence-electron chi connectivity index (χ3n) is 6.59. The molecular weight excluding hydrogens is 470 g/mol. The fourth-order valence-electron chi connectivity index (χ4n) is 4.72. The number of fused-ring (bicyclic) bond motifs is 1. The first kappa shape index (κ1) is 23.9. The van der Waals surface area contributed by atoms with Crippen molar-refractivity contribution in [3.63, 3.8) is 0 Å². The van der Waals surface area contributed by atoms with Gasteiger partial charge in [-0.15, -0.1) is 0 Å². The van der Waals surface area contributed by atoms with Crippen molar-refractivity contribution >= 4 is 23.4 Å². The van der Waals surface area contributed by atoms with Crippen LogP contribution in [0.5, 0.6) is 11.5 Å². The van der Waals surface area contributed by atoms with Crippen LogP contribution in [0, 0.1) is 10.1 Å². The molecule has 0 aliphatic carbocycles. The van der Waals surface area contributed by atoms with Crippen molar-refractivity contribution in [1.29, 1.82) is 0 Å². The van der Waals surface area contributed by atoms with Crippen molar-refractivity contribution in [2.75, 3.05) is 75.6 Å². The molecule has 36 heavy (non-hydrogen) atoms. The molecule has 2 fully saturated rings. The van der Waals surface area contributed by atoms with E-state index in [1.807, 2.05) is 28.0 Å². The normalized spacial score (nSPS) is 17.9. The highest BCUT2D eigenvalue weighted by molar-refractivity contribution is 5.72. The van der Waals surface area contributed by atoms with E-state index in [0.29, 0.717) is 51.7 Å². The SMILES string of the molecule is CCOC(=O)N1CCN(c2ncnc(N3CCN(Cc4ccc5c(c4)OCO5)CC3)c2[N+](=O)[O-])CC1. The summed E-state index contributed by atoms with van der Waals surface area (Å²) in [5.74, 6) is 2.15. The van der Waals surface area contributed by atoms with Crippen molar-refractivity contribution in [3.8, 4) is 11.5 Å². The number of ether oxygens (including phenoxy) is 3. The third-order valence-corrected chi connectivity index (χ3v) is 6.59. The molecular formula is C23H29N7O6. The van der Waals surface area contributed by atoms with Gasteiger partial charge < -0.3 is 28.9 Å². The zero-order valence-corrected chi connectivity index (χ0v) is 20.2. The highest BCUT2D eigenvalue weighted by Crippen LogP contribution is 2.36. The highest BCUT2D eigenvalue weighted by Gasteiger charge is 2.33. The van der Waals surface area contributed by atoms with Crippen LogP contribution in [-0.2, 0) is 11.3 Å². The summed E-state index contributed by atoms with van der Waals surface area (Å²) >= 11 is 0. The number of hydrogen-bond acceptors (Lipinski definition) is 11. The van der Waals surface area contributed by atoms with Crippen molar-refractivity contribution < 1.29 is 23.9 Å². The molecule has 0 spiro atoms. The van der Waals surface area contributed by atoms with E-state index in [0.717, 1.165) is 36.7 Å². The van der Waals surface area contributed by atoms with E-state index >= 15 is 0 Å². The number of piperazine rings is 2. The van der Waals surface area contributed by atoms with Gasteiger partial charge in [0.05, 0.1) is 11.5 Å². The minimum atomic E-state index is -0.401. The lowest BCUT2D eigenvalue weighted by molar-refractivity contribution is -0.383. The third kappa shape index (κ3) is 4.91. The lowest BCUT2D eigenvalue weighted by Gasteiger charge is -2.36. The van der Waals surface area contributed by atoms with E-state index in [-0.39, 0.29) is 24.4 Å². The largest absolute Gasteiger partial charge is 0.454 e. The number of benzene rings is 1. The average molecular weight is 500 g/mol. The Bertz CT molecular complexity index is 1120. The number of anilines is 2. The summed E-state index contributed by atoms with van der Waals surface area (Å²) in [5, 5.41) is 12.1. The molecule has 0 atom stereocenters. The molecule has 1 aromatic carbocycles. The topological polar surface area (TPSA) is 127 Å². The summed E-state index contributed by atoms with van der Waals surface area (Å²) in [6.45, 7) is 7.45. The standard InChI is InChI=1S/C23H29N7O6/c1-2-34-23(31)29-11-9-28(10-12-29)22-20(30(32)33)21(24-15-25-22)27-7-5-26(6-8-27)14-17-3-4-18-19(13-17)36-16-35-18/h3-4,13,15H,2,5-12,14,16H2,1H3. The first-order valence-electron chi connectivity index (χ1n) is 12.1. The maximum absolute atomic E-state index is 12.1. The van der Waals surface area contributed by atoms with Gasteiger partial charge >= 0.3 is 11.8 Å². The summed E-state index contributed by atoms with van der Waals surface area (Å²) in [6, 6.07) is 5.95.